The number of hydrogen-bond donors (Lipinski definition) is 7. The van der Waals surface area contributed by atoms with E-state index in [1.54, 1.807) is 27.8 Å². The quantitative estimate of drug-likeness (QED) is 0.0433. The van der Waals surface area contributed by atoms with Gasteiger partial charge in [-0.15, -0.1) is 0 Å². The Hall–Kier alpha value is -4.31. The van der Waals surface area contributed by atoms with Crippen LogP contribution < -0.4 is 34.4 Å². The number of likely N-dealkylation sites (N-methyl/N-ethyl adjacent to an activating group) is 1. The highest BCUT2D eigenvalue weighted by atomic mass is 16.6. The summed E-state index contributed by atoms with van der Waals surface area (Å²) in [6.07, 6.45) is 8.55. The first kappa shape index (κ1) is 56.6. The van der Waals surface area contributed by atoms with E-state index in [2.05, 4.69) is 9.88 Å². The lowest BCUT2D eigenvalue weighted by molar-refractivity contribution is -0.888. The second-order valence-corrected chi connectivity index (χ2v) is 21.8. The standard InChI is InChI=1S/C51H84N11O8/c1-49(2,3)70-47(68)50(57,30-38-32-60(33-58-38)44(65)41(56)27-35-16-10-7-11-17-35)46(67)61(45(66)39(54)18-12-13-22-52)48(69)62(5)25-21-36(31-53)29-51(62,37-19-23-59(4)24-20-37)43(64)28-42(63)40(55)26-34-14-8-6-9-15-34/h7,10-11,16-17,32-34,36-37,39-42,63H,6,8-9,12-15,18-31,52-57H2,1-5H3/q+1/t36-,39-,40?,41?,42-,50-,51?,62?/m0/s1. The number of carbonyl (C=O) groups is 6. The van der Waals surface area contributed by atoms with Crippen LogP contribution in [0, 0.1) is 17.8 Å². The molecular weight excluding hydrogens is 895 g/mol. The van der Waals surface area contributed by atoms with Crippen LogP contribution in [0.25, 0.3) is 0 Å². The largest absolute Gasteiger partial charge is 0.458 e. The Bertz CT molecular complexity index is 2100. The normalized spacial score (nSPS) is 24.4. The van der Waals surface area contributed by atoms with Gasteiger partial charge in [0.2, 0.25) is 11.4 Å². The highest BCUT2D eigenvalue weighted by Crippen LogP contribution is 2.48. The number of benzene rings is 1. The summed E-state index contributed by atoms with van der Waals surface area (Å²) in [5.74, 6) is -5.16. The number of nitrogens with zero attached hydrogens (tertiary/aromatic N) is 5. The molecule has 1 aromatic carbocycles. The third-order valence-electron chi connectivity index (χ3n) is 15.3. The van der Waals surface area contributed by atoms with Gasteiger partial charge in [0, 0.05) is 43.8 Å². The molecule has 3 fully saturated rings. The second-order valence-electron chi connectivity index (χ2n) is 21.8. The van der Waals surface area contributed by atoms with Crippen LogP contribution in [-0.2, 0) is 36.8 Å². The molecule has 4 unspecified atom stereocenters. The molecule has 1 saturated carbocycles. The van der Waals surface area contributed by atoms with Crippen LogP contribution in [-0.4, -0.2) is 152 Å². The average Bonchev–Trinajstić information content (AvgIpc) is 3.79. The smallest absolute Gasteiger partial charge is 0.433 e. The summed E-state index contributed by atoms with van der Waals surface area (Å²) < 4.78 is 6.16. The van der Waals surface area contributed by atoms with E-state index in [0.717, 1.165) is 42.2 Å². The average molecular weight is 979 g/mol. The SMILES string of the molecule is CN1CCC(C2(C(=O)C[C@H](O)C(N)CC3CCCCC3)C[C@@H](CN)CC[N+]2(C)C(=O)N(C(=O)[C@@H](N)CCCCN)C(=O)[C@@](N)(Cc2cn(C(=O)C(N)Cc3ccccc3)cn2)C(=O)OC(C)(C)C)CC1. The molecule has 1 aliphatic carbocycles. The van der Waals surface area contributed by atoms with Crippen molar-refractivity contribution in [1.82, 2.24) is 19.4 Å². The van der Waals surface area contributed by atoms with Crippen LogP contribution in [0.5, 0.6) is 0 Å². The number of ether oxygens (including phenoxy) is 1. The zero-order valence-electron chi connectivity index (χ0n) is 42.4. The molecule has 2 saturated heterocycles. The van der Waals surface area contributed by atoms with Crippen molar-refractivity contribution in [3.05, 3.63) is 54.1 Å². The zero-order valence-corrected chi connectivity index (χ0v) is 42.4. The van der Waals surface area contributed by atoms with Gasteiger partial charge in [0.05, 0.1) is 37.5 Å². The topological polar surface area (TPSA) is 312 Å². The van der Waals surface area contributed by atoms with E-state index in [-0.39, 0.29) is 50.4 Å². The molecule has 2 aromatic rings. The summed E-state index contributed by atoms with van der Waals surface area (Å²) in [5.41, 5.74) is 34.0. The number of aliphatic hydroxyl groups excluding tert-OH is 1. The molecule has 13 N–H and O–H groups in total. The van der Waals surface area contributed by atoms with E-state index in [9.17, 15) is 14.7 Å². The summed E-state index contributed by atoms with van der Waals surface area (Å²) in [4.78, 5) is 97.7. The molecule has 70 heavy (non-hydrogen) atoms. The van der Waals surface area contributed by atoms with Crippen molar-refractivity contribution in [1.29, 1.82) is 0 Å². The monoisotopic (exact) mass is 979 g/mol. The Morgan fingerprint density at radius 1 is 0.929 bits per heavy atom. The van der Waals surface area contributed by atoms with Gasteiger partial charge >= 0.3 is 12.0 Å². The number of imide groups is 3. The van der Waals surface area contributed by atoms with E-state index < -0.39 is 93.2 Å². The zero-order chi connectivity index (χ0) is 51.6. The summed E-state index contributed by atoms with van der Waals surface area (Å²) in [6.45, 7) is 6.38. The van der Waals surface area contributed by atoms with E-state index in [4.69, 9.17) is 39.1 Å². The lowest BCUT2D eigenvalue weighted by Crippen LogP contribution is -2.79. The Morgan fingerprint density at radius 3 is 2.20 bits per heavy atom. The van der Waals surface area contributed by atoms with E-state index in [1.165, 1.54) is 12.5 Å². The minimum atomic E-state index is -2.82. The third-order valence-corrected chi connectivity index (χ3v) is 15.3. The lowest BCUT2D eigenvalue weighted by atomic mass is 9.64. The van der Waals surface area contributed by atoms with Gasteiger partial charge in [-0.3, -0.25) is 23.7 Å². The number of quaternary nitrogens is 1. The molecular formula is C51H84N11O8+. The summed E-state index contributed by atoms with van der Waals surface area (Å²) >= 11 is 0. The van der Waals surface area contributed by atoms with Gasteiger partial charge in [-0.25, -0.2) is 19.1 Å². The number of imidazole rings is 1. The number of ketones is 1. The maximum absolute atomic E-state index is 16.2. The molecule has 3 aliphatic rings. The number of unbranched alkanes of at least 4 members (excludes halogenated alkanes) is 1. The molecule has 2 aliphatic heterocycles. The van der Waals surface area contributed by atoms with Crippen LogP contribution in [0.2, 0.25) is 0 Å². The van der Waals surface area contributed by atoms with Crippen LogP contribution in [0.15, 0.2) is 42.9 Å². The molecule has 8 atom stereocenters. The Morgan fingerprint density at radius 2 is 1.59 bits per heavy atom. The summed E-state index contributed by atoms with van der Waals surface area (Å²) in [5, 5.41) is 11.8. The fourth-order valence-corrected chi connectivity index (χ4v) is 11.1. The number of nitrogens with two attached hydrogens (primary N) is 6. The van der Waals surface area contributed by atoms with Gasteiger partial charge in [0.25, 0.3) is 11.8 Å². The molecule has 19 heteroatoms. The molecule has 0 spiro atoms. The predicted octanol–water partition coefficient (Wildman–Crippen LogP) is 2.12. The van der Waals surface area contributed by atoms with Crippen molar-refractivity contribution in [3.8, 4) is 0 Å². The Kier molecular flexibility index (Phi) is 19.7. The number of aromatic nitrogens is 2. The first-order chi connectivity index (χ1) is 33.0. The third kappa shape index (κ3) is 13.2. The fraction of sp³-hybridized carbons (Fsp3) is 0.706. The van der Waals surface area contributed by atoms with Gasteiger partial charge in [-0.2, -0.15) is 4.90 Å². The van der Waals surface area contributed by atoms with Crippen molar-refractivity contribution < 1.29 is 43.1 Å². The van der Waals surface area contributed by atoms with Gasteiger partial charge in [-0.05, 0) is 110 Å². The van der Waals surface area contributed by atoms with E-state index in [0.29, 0.717) is 69.0 Å². The number of esters is 1. The van der Waals surface area contributed by atoms with Gasteiger partial charge in [-0.1, -0.05) is 68.9 Å². The highest BCUT2D eigenvalue weighted by molar-refractivity contribution is 6.20. The lowest BCUT2D eigenvalue weighted by Gasteiger charge is -2.57. The first-order valence-electron chi connectivity index (χ1n) is 25.5. The number of urea groups is 1. The molecule has 19 nitrogen and oxygen atoms in total. The maximum Gasteiger partial charge on any atom is 0.433 e. The molecule has 0 bridgehead atoms. The number of aliphatic hydroxyl groups is 1. The van der Waals surface area contributed by atoms with E-state index >= 15 is 19.2 Å². The van der Waals surface area contributed by atoms with Crippen molar-refractivity contribution in [2.45, 2.75) is 164 Å². The van der Waals surface area contributed by atoms with Gasteiger partial charge in [0.15, 0.2) is 11.3 Å². The number of Topliss-reactive ketones (excluding diaryl/α,β-unsaturated/α-hetero) is 1. The van der Waals surface area contributed by atoms with Crippen molar-refractivity contribution in [2.75, 3.05) is 46.8 Å². The maximum atomic E-state index is 16.2. The van der Waals surface area contributed by atoms with Crippen LogP contribution >= 0.6 is 0 Å². The van der Waals surface area contributed by atoms with Crippen molar-refractivity contribution in [3.63, 3.8) is 0 Å². The number of hydrogen-bond acceptors (Lipinski definition) is 16. The van der Waals surface area contributed by atoms with Crippen molar-refractivity contribution >= 4 is 35.5 Å². The highest BCUT2D eigenvalue weighted by Gasteiger charge is 2.68. The molecule has 1 aromatic heterocycles. The predicted molar refractivity (Wildman–Crippen MR) is 266 cm³/mol. The molecule has 3 heterocycles. The molecule has 4 amide bonds. The number of amides is 4. The van der Waals surface area contributed by atoms with Crippen LogP contribution in [0.1, 0.15) is 127 Å². The number of piperidine rings is 2. The minimum Gasteiger partial charge on any atom is -0.458 e. The van der Waals surface area contributed by atoms with Gasteiger partial charge < -0.3 is 49.1 Å². The van der Waals surface area contributed by atoms with Crippen LogP contribution in [0.3, 0.4) is 0 Å². The summed E-state index contributed by atoms with van der Waals surface area (Å²) in [6, 6.07) is 4.97. The Balaban J connectivity index is 1.62. The minimum absolute atomic E-state index is 0.0207. The fourth-order valence-electron chi connectivity index (χ4n) is 11.1. The van der Waals surface area contributed by atoms with Gasteiger partial charge in [0.1, 0.15) is 11.9 Å². The molecule has 390 valence electrons. The van der Waals surface area contributed by atoms with E-state index in [1.807, 2.05) is 37.4 Å². The van der Waals surface area contributed by atoms with Crippen LogP contribution in [0.4, 0.5) is 4.79 Å². The first-order valence-corrected chi connectivity index (χ1v) is 25.5. The number of carbonyl (C=O) groups excluding carboxylic acids is 6. The Labute approximate surface area is 414 Å². The molecule has 0 radical (unpaired) electrons. The number of rotatable bonds is 20. The summed E-state index contributed by atoms with van der Waals surface area (Å²) in [7, 11) is 3.53. The van der Waals surface area contributed by atoms with Crippen molar-refractivity contribution in [2.24, 2.45) is 52.2 Å². The second kappa shape index (κ2) is 24.4. The number of likely N-dealkylation sites (tertiary alicyclic amines) is 2. The molecule has 5 rings (SSSR count).